The van der Waals surface area contributed by atoms with E-state index >= 15 is 0 Å². The minimum absolute atomic E-state index is 0.207. The Morgan fingerprint density at radius 1 is 1.29 bits per heavy atom. The van der Waals surface area contributed by atoms with Crippen LogP contribution >= 0.6 is 0 Å². The highest BCUT2D eigenvalue weighted by atomic mass is 16.5. The summed E-state index contributed by atoms with van der Waals surface area (Å²) in [6.45, 7) is 12.3. The molecule has 2 nitrogen and oxygen atoms in total. The smallest absolute Gasteiger partial charge is 0.0983 e. The lowest BCUT2D eigenvalue weighted by molar-refractivity contribution is -0.145. The molecule has 1 N–H and O–H groups in total. The summed E-state index contributed by atoms with van der Waals surface area (Å²) < 4.78 is 5.92. The summed E-state index contributed by atoms with van der Waals surface area (Å²) in [7, 11) is 0. The third kappa shape index (κ3) is 1.70. The summed E-state index contributed by atoms with van der Waals surface area (Å²) in [6.07, 6.45) is 1.71. The van der Waals surface area contributed by atoms with Crippen molar-refractivity contribution in [3.63, 3.8) is 0 Å². The summed E-state index contributed by atoms with van der Waals surface area (Å²) in [5.41, 5.74) is -1.33. The zero-order chi connectivity index (χ0) is 11.2. The predicted octanol–water partition coefficient (Wildman–Crippen LogP) is 2.74. The van der Waals surface area contributed by atoms with Gasteiger partial charge in [-0.3, -0.25) is 0 Å². The Hall–Kier alpha value is -0.0800. The lowest BCUT2D eigenvalue weighted by Crippen LogP contribution is -2.50. The van der Waals surface area contributed by atoms with E-state index in [0.29, 0.717) is 0 Å². The zero-order valence-corrected chi connectivity index (χ0v) is 10.3. The Balaban J connectivity index is 2.99. The molecule has 1 saturated heterocycles. The van der Waals surface area contributed by atoms with Crippen molar-refractivity contribution in [1.29, 1.82) is 0 Å². The van der Waals surface area contributed by atoms with Crippen molar-refractivity contribution >= 4 is 0 Å². The average molecular weight is 200 g/mol. The molecule has 0 aromatic carbocycles. The first kappa shape index (κ1) is 12.0. The lowest BCUT2D eigenvalue weighted by Gasteiger charge is -2.39. The first-order valence-electron chi connectivity index (χ1n) is 5.57. The molecule has 1 rings (SSSR count). The van der Waals surface area contributed by atoms with E-state index in [2.05, 4.69) is 27.7 Å². The maximum atomic E-state index is 10.7. The van der Waals surface area contributed by atoms with Gasteiger partial charge in [-0.2, -0.15) is 0 Å². The van der Waals surface area contributed by atoms with Crippen LogP contribution in [0, 0.1) is 5.92 Å². The van der Waals surface area contributed by atoms with Gasteiger partial charge in [0, 0.05) is 6.42 Å². The van der Waals surface area contributed by atoms with Crippen molar-refractivity contribution in [2.75, 3.05) is 0 Å². The first-order valence-corrected chi connectivity index (χ1v) is 5.57. The molecule has 1 fully saturated rings. The molecule has 84 valence electrons. The highest BCUT2D eigenvalue weighted by Gasteiger charge is 2.58. The Labute approximate surface area is 87.7 Å². The van der Waals surface area contributed by atoms with Gasteiger partial charge in [-0.25, -0.2) is 0 Å². The second-order valence-corrected chi connectivity index (χ2v) is 5.78. The molecular formula is C12H24O2. The van der Waals surface area contributed by atoms with Crippen LogP contribution in [0.3, 0.4) is 0 Å². The summed E-state index contributed by atoms with van der Waals surface area (Å²) in [5, 5.41) is 10.7. The number of rotatable bonds is 2. The third-order valence-electron chi connectivity index (χ3n) is 3.70. The van der Waals surface area contributed by atoms with Crippen molar-refractivity contribution in [2.45, 2.75) is 71.2 Å². The van der Waals surface area contributed by atoms with E-state index < -0.39 is 11.2 Å². The fourth-order valence-electron chi connectivity index (χ4n) is 2.78. The fraction of sp³-hybridized carbons (Fsp3) is 1.00. The normalized spacial score (nSPS) is 37.1. The Kier molecular flexibility index (Phi) is 2.75. The summed E-state index contributed by atoms with van der Waals surface area (Å²) in [5.74, 6) is 0.277. The molecule has 0 aromatic rings. The van der Waals surface area contributed by atoms with Crippen LogP contribution < -0.4 is 0 Å². The maximum Gasteiger partial charge on any atom is 0.0983 e. The third-order valence-corrected chi connectivity index (χ3v) is 3.70. The highest BCUT2D eigenvalue weighted by Crippen LogP contribution is 2.49. The van der Waals surface area contributed by atoms with Gasteiger partial charge in [0.1, 0.15) is 0 Å². The van der Waals surface area contributed by atoms with E-state index in [1.54, 1.807) is 0 Å². The van der Waals surface area contributed by atoms with Crippen LogP contribution in [0.15, 0.2) is 0 Å². The molecule has 0 saturated carbocycles. The average Bonchev–Trinajstić information content (AvgIpc) is 2.15. The minimum Gasteiger partial charge on any atom is -0.387 e. The van der Waals surface area contributed by atoms with E-state index in [0.717, 1.165) is 12.8 Å². The molecular weight excluding hydrogens is 176 g/mol. The molecule has 0 aliphatic carbocycles. The molecule has 2 atom stereocenters. The Morgan fingerprint density at radius 2 is 1.79 bits per heavy atom. The van der Waals surface area contributed by atoms with Crippen LogP contribution in [-0.4, -0.2) is 21.9 Å². The Bertz CT molecular complexity index is 220. The van der Waals surface area contributed by atoms with E-state index in [9.17, 15) is 5.11 Å². The molecule has 1 heterocycles. The van der Waals surface area contributed by atoms with Gasteiger partial charge in [-0.15, -0.1) is 0 Å². The summed E-state index contributed by atoms with van der Waals surface area (Å²) in [6, 6.07) is 0. The monoisotopic (exact) mass is 200 g/mol. The van der Waals surface area contributed by atoms with Gasteiger partial charge in [0.25, 0.3) is 0 Å². The minimum atomic E-state index is -0.689. The quantitative estimate of drug-likeness (QED) is 0.742. The van der Waals surface area contributed by atoms with Crippen molar-refractivity contribution < 1.29 is 9.84 Å². The second kappa shape index (κ2) is 3.21. The van der Waals surface area contributed by atoms with Crippen LogP contribution in [0.2, 0.25) is 0 Å². The van der Waals surface area contributed by atoms with Gasteiger partial charge in [-0.1, -0.05) is 20.3 Å². The SMILES string of the molecule is CCC(C)C1(O)CC(C)(C)OC1(C)C. The van der Waals surface area contributed by atoms with E-state index in [-0.39, 0.29) is 11.5 Å². The van der Waals surface area contributed by atoms with Crippen molar-refractivity contribution in [3.8, 4) is 0 Å². The van der Waals surface area contributed by atoms with Crippen molar-refractivity contribution in [2.24, 2.45) is 5.92 Å². The van der Waals surface area contributed by atoms with Crippen molar-refractivity contribution in [3.05, 3.63) is 0 Å². The molecule has 0 spiro atoms. The molecule has 0 radical (unpaired) electrons. The summed E-state index contributed by atoms with van der Waals surface area (Å²) in [4.78, 5) is 0. The molecule has 1 aliphatic rings. The van der Waals surface area contributed by atoms with Gasteiger partial charge >= 0.3 is 0 Å². The molecule has 2 heteroatoms. The van der Waals surface area contributed by atoms with E-state index in [1.165, 1.54) is 0 Å². The number of ether oxygens (including phenoxy) is 1. The van der Waals surface area contributed by atoms with Crippen LogP contribution in [0.5, 0.6) is 0 Å². The lowest BCUT2D eigenvalue weighted by atomic mass is 9.73. The van der Waals surface area contributed by atoms with Crippen LogP contribution in [0.25, 0.3) is 0 Å². The standard InChI is InChI=1S/C12H24O2/c1-7-9(2)12(13)8-10(3,4)14-11(12,5)6/h9,13H,7-8H2,1-6H3. The second-order valence-electron chi connectivity index (χ2n) is 5.78. The zero-order valence-electron chi connectivity index (χ0n) is 10.3. The molecule has 0 bridgehead atoms. The van der Waals surface area contributed by atoms with Gasteiger partial charge in [0.2, 0.25) is 0 Å². The van der Waals surface area contributed by atoms with Crippen molar-refractivity contribution in [1.82, 2.24) is 0 Å². The Morgan fingerprint density at radius 3 is 2.07 bits per heavy atom. The molecule has 1 aliphatic heterocycles. The van der Waals surface area contributed by atoms with Gasteiger partial charge in [0.15, 0.2) is 0 Å². The van der Waals surface area contributed by atoms with Crippen LogP contribution in [0.4, 0.5) is 0 Å². The summed E-state index contributed by atoms with van der Waals surface area (Å²) >= 11 is 0. The van der Waals surface area contributed by atoms with Crippen LogP contribution in [-0.2, 0) is 4.74 Å². The number of hydrogen-bond donors (Lipinski definition) is 1. The first-order chi connectivity index (χ1) is 6.15. The van der Waals surface area contributed by atoms with Gasteiger partial charge < -0.3 is 9.84 Å². The molecule has 2 unspecified atom stereocenters. The van der Waals surface area contributed by atoms with Gasteiger partial charge in [0.05, 0.1) is 16.8 Å². The maximum absolute atomic E-state index is 10.7. The highest BCUT2D eigenvalue weighted by molar-refractivity contribution is 5.08. The van der Waals surface area contributed by atoms with Crippen LogP contribution in [0.1, 0.15) is 54.4 Å². The topological polar surface area (TPSA) is 29.5 Å². The largest absolute Gasteiger partial charge is 0.387 e. The van der Waals surface area contributed by atoms with Gasteiger partial charge in [-0.05, 0) is 33.6 Å². The fourth-order valence-corrected chi connectivity index (χ4v) is 2.78. The molecule has 0 amide bonds. The molecule has 0 aromatic heterocycles. The molecule has 14 heavy (non-hydrogen) atoms. The predicted molar refractivity (Wildman–Crippen MR) is 58.3 cm³/mol. The van der Waals surface area contributed by atoms with E-state index in [4.69, 9.17) is 4.74 Å². The number of aliphatic hydroxyl groups is 1. The van der Waals surface area contributed by atoms with E-state index in [1.807, 2.05) is 13.8 Å². The number of hydrogen-bond acceptors (Lipinski definition) is 2.